The third-order valence-corrected chi connectivity index (χ3v) is 18.2. The van der Waals surface area contributed by atoms with Gasteiger partial charge in [0.05, 0.1) is 0 Å². The van der Waals surface area contributed by atoms with Crippen molar-refractivity contribution in [3.8, 4) is 0 Å². The second-order valence-corrected chi connectivity index (χ2v) is 22.8. The Morgan fingerprint density at radius 3 is 0.638 bits per heavy atom. The van der Waals surface area contributed by atoms with Gasteiger partial charge in [-0.1, -0.05) is 131 Å². The second kappa shape index (κ2) is 30.7. The number of aliphatic hydroxyl groups excluding tert-OH is 1. The highest BCUT2D eigenvalue weighted by Gasteiger charge is 2.19. The molecule has 4 aromatic rings. The van der Waals surface area contributed by atoms with Crippen LogP contribution in [0.2, 0.25) is 0 Å². The maximum atomic E-state index is 9.77. The van der Waals surface area contributed by atoms with Crippen LogP contribution in [0.15, 0.2) is 65.8 Å². The summed E-state index contributed by atoms with van der Waals surface area (Å²) in [7, 11) is 0. The molecule has 0 atom stereocenters. The molecule has 0 radical (unpaired) electrons. The zero-order valence-corrected chi connectivity index (χ0v) is 42.1. The molecule has 4 rings (SSSR count). The Bertz CT molecular complexity index is 1690. The second-order valence-electron chi connectivity index (χ2n) is 16.0. The van der Waals surface area contributed by atoms with Gasteiger partial charge in [-0.15, -0.1) is 70.6 Å². The van der Waals surface area contributed by atoms with E-state index in [9.17, 15) is 5.11 Å². The Balaban J connectivity index is 1.95. The Hall–Kier alpha value is -0.280. The zero-order valence-electron chi connectivity index (χ0n) is 37.2. The van der Waals surface area contributed by atoms with Gasteiger partial charge >= 0.3 is 0 Å². The molecule has 0 aliphatic carbocycles. The molecule has 0 spiro atoms. The van der Waals surface area contributed by atoms with E-state index >= 15 is 0 Å². The van der Waals surface area contributed by atoms with Crippen LogP contribution in [-0.2, 0) is 0 Å². The molecular weight excluding hydrogens is 821 g/mol. The van der Waals surface area contributed by atoms with E-state index in [1.54, 1.807) is 0 Å². The molecule has 0 bridgehead atoms. The van der Waals surface area contributed by atoms with Crippen molar-refractivity contribution in [2.45, 2.75) is 199 Å². The van der Waals surface area contributed by atoms with Gasteiger partial charge in [0.25, 0.3) is 0 Å². The van der Waals surface area contributed by atoms with Crippen LogP contribution in [0, 0.1) is 0 Å². The minimum Gasteiger partial charge on any atom is -0.396 e. The summed E-state index contributed by atoms with van der Waals surface area (Å²) in [4.78, 5) is 8.79. The van der Waals surface area contributed by atoms with Gasteiger partial charge in [-0.3, -0.25) is 0 Å². The molecule has 0 fully saturated rings. The summed E-state index contributed by atoms with van der Waals surface area (Å²) < 4.78 is 0. The smallest absolute Gasteiger partial charge is 0.0439 e. The molecule has 1 nitrogen and oxygen atoms in total. The first-order chi connectivity index (χ1) is 28.6. The maximum Gasteiger partial charge on any atom is 0.0439 e. The predicted molar refractivity (Wildman–Crippen MR) is 276 cm³/mol. The van der Waals surface area contributed by atoms with E-state index in [1.165, 1.54) is 219 Å². The number of benzene rings is 4. The molecule has 58 heavy (non-hydrogen) atoms. The fraction of sp³-hybridized carbons (Fsp3) is 0.647. The monoisotopic (exact) mass is 898 g/mol. The molecule has 4 aromatic carbocycles. The highest BCUT2D eigenvalue weighted by atomic mass is 32.2. The SMILES string of the molecule is CCCCCCSc1cc2c(cc1SCCCO)c1cc(SCCCCCC)c(SCCCCCC)cc1c1cc(SCCCCCC)c(SCCCCCC)cc21. The third-order valence-electron chi connectivity index (χ3n) is 11.0. The number of rotatable bonds is 34. The minimum absolute atomic E-state index is 0.253. The molecule has 0 saturated carbocycles. The average molecular weight is 900 g/mol. The predicted octanol–water partition coefficient (Wildman–Crippen LogP) is 19.0. The van der Waals surface area contributed by atoms with E-state index in [4.69, 9.17) is 0 Å². The van der Waals surface area contributed by atoms with E-state index in [0.717, 1.165) is 12.2 Å². The van der Waals surface area contributed by atoms with Gasteiger partial charge in [-0.05, 0) is 136 Å². The third kappa shape index (κ3) is 16.8. The molecule has 324 valence electrons. The van der Waals surface area contributed by atoms with Crippen LogP contribution in [-0.4, -0.2) is 46.2 Å². The van der Waals surface area contributed by atoms with E-state index in [-0.39, 0.29) is 6.61 Å². The van der Waals surface area contributed by atoms with E-state index < -0.39 is 0 Å². The summed E-state index contributed by atoms with van der Waals surface area (Å²) >= 11 is 12.5. The van der Waals surface area contributed by atoms with Crippen LogP contribution in [0.25, 0.3) is 32.3 Å². The lowest BCUT2D eigenvalue weighted by Crippen LogP contribution is -1.94. The Morgan fingerprint density at radius 2 is 0.466 bits per heavy atom. The zero-order chi connectivity index (χ0) is 41.2. The van der Waals surface area contributed by atoms with Crippen LogP contribution in [0.1, 0.15) is 169 Å². The molecule has 0 amide bonds. The lowest BCUT2D eigenvalue weighted by atomic mass is 9.94. The van der Waals surface area contributed by atoms with Crippen molar-refractivity contribution in [2.24, 2.45) is 0 Å². The fourth-order valence-corrected chi connectivity index (χ4v) is 14.3. The number of hydrogen-bond acceptors (Lipinski definition) is 7. The fourth-order valence-electron chi connectivity index (χ4n) is 7.50. The first kappa shape index (κ1) is 50.4. The van der Waals surface area contributed by atoms with E-state index in [0.29, 0.717) is 0 Å². The first-order valence-electron chi connectivity index (χ1n) is 23.5. The van der Waals surface area contributed by atoms with Crippen molar-refractivity contribution >= 4 is 103 Å². The summed E-state index contributed by atoms with van der Waals surface area (Å²) in [5.74, 6) is 6.90. The minimum atomic E-state index is 0.253. The highest BCUT2D eigenvalue weighted by molar-refractivity contribution is 8.03. The van der Waals surface area contributed by atoms with Crippen molar-refractivity contribution in [1.82, 2.24) is 0 Å². The molecule has 0 heterocycles. The number of unbranched alkanes of at least 4 members (excludes halogenated alkanes) is 15. The molecular formula is C51H78OS6. The Labute approximate surface area is 381 Å². The lowest BCUT2D eigenvalue weighted by molar-refractivity contribution is 0.296. The van der Waals surface area contributed by atoms with Crippen LogP contribution in [0.3, 0.4) is 0 Å². The topological polar surface area (TPSA) is 20.2 Å². The summed E-state index contributed by atoms with van der Waals surface area (Å²) in [6.45, 7) is 11.8. The summed E-state index contributed by atoms with van der Waals surface area (Å²) in [5.41, 5.74) is 0. The molecule has 0 aliphatic rings. The number of aliphatic hydroxyl groups is 1. The lowest BCUT2D eigenvalue weighted by Gasteiger charge is -2.20. The van der Waals surface area contributed by atoms with Gasteiger partial charge in [0.15, 0.2) is 0 Å². The molecule has 0 saturated heterocycles. The number of thioether (sulfide) groups is 6. The van der Waals surface area contributed by atoms with Gasteiger partial charge in [0.1, 0.15) is 0 Å². The van der Waals surface area contributed by atoms with Crippen LogP contribution in [0.4, 0.5) is 0 Å². The summed E-state index contributed by atoms with van der Waals surface area (Å²) in [6, 6.07) is 15.6. The number of fused-ring (bicyclic) bond motifs is 6. The Kier molecular flexibility index (Phi) is 26.7. The van der Waals surface area contributed by atoms with Crippen molar-refractivity contribution in [3.05, 3.63) is 36.4 Å². The van der Waals surface area contributed by atoms with Gasteiger partial charge in [-0.25, -0.2) is 0 Å². The Morgan fingerprint density at radius 1 is 0.276 bits per heavy atom. The van der Waals surface area contributed by atoms with Crippen molar-refractivity contribution in [1.29, 1.82) is 0 Å². The van der Waals surface area contributed by atoms with Crippen molar-refractivity contribution in [3.63, 3.8) is 0 Å². The molecule has 1 N–H and O–H groups in total. The molecule has 0 unspecified atom stereocenters. The van der Waals surface area contributed by atoms with Crippen molar-refractivity contribution in [2.75, 3.05) is 41.1 Å². The summed E-state index contributed by atoms with van der Waals surface area (Å²) in [6.07, 6.45) is 27.0. The largest absolute Gasteiger partial charge is 0.396 e. The molecule has 0 aromatic heterocycles. The first-order valence-corrected chi connectivity index (χ1v) is 29.4. The van der Waals surface area contributed by atoms with Gasteiger partial charge in [0, 0.05) is 41.7 Å². The van der Waals surface area contributed by atoms with E-state index in [1.807, 2.05) is 11.8 Å². The van der Waals surface area contributed by atoms with Crippen LogP contribution in [0.5, 0.6) is 0 Å². The van der Waals surface area contributed by atoms with Gasteiger partial charge in [-0.2, -0.15) is 0 Å². The van der Waals surface area contributed by atoms with E-state index in [2.05, 4.69) is 130 Å². The molecule has 7 heteroatoms. The maximum absolute atomic E-state index is 9.77. The highest BCUT2D eigenvalue weighted by Crippen LogP contribution is 2.47. The molecule has 0 aliphatic heterocycles. The van der Waals surface area contributed by atoms with Crippen LogP contribution < -0.4 is 0 Å². The summed E-state index contributed by atoms with van der Waals surface area (Å²) in [5, 5.41) is 18.4. The van der Waals surface area contributed by atoms with Crippen molar-refractivity contribution < 1.29 is 5.11 Å². The quantitative estimate of drug-likeness (QED) is 0.0283. The average Bonchev–Trinajstić information content (AvgIpc) is 3.23. The number of hydrogen-bond donors (Lipinski definition) is 1. The van der Waals surface area contributed by atoms with Gasteiger partial charge in [0.2, 0.25) is 0 Å². The standard InChI is InChI=1S/C51H78OS6/c1-6-11-16-21-28-53-46-34-40-41-35-47(54-29-22-17-12-7-2)49(56-31-24-19-14-9-4)37-43(41)45-39-51(58-33-26-27-52)50(57-32-25-20-15-10-5)38-44(45)42(40)36-48(46)55-30-23-18-13-8-3/h34-39,52H,6-33H2,1-5H3. The normalized spacial score (nSPS) is 11.9. The van der Waals surface area contributed by atoms with Gasteiger partial charge < -0.3 is 5.11 Å². The van der Waals surface area contributed by atoms with Crippen LogP contribution >= 0.6 is 70.6 Å².